The summed E-state index contributed by atoms with van der Waals surface area (Å²) in [5.41, 5.74) is 5.63. The lowest BCUT2D eigenvalue weighted by Gasteiger charge is -2.12. The van der Waals surface area contributed by atoms with Crippen LogP contribution in [0.5, 0.6) is 0 Å². The molecular formula is C17H24N2OS. The van der Waals surface area contributed by atoms with Crippen molar-refractivity contribution in [2.45, 2.75) is 32.8 Å². The second kappa shape index (κ2) is 8.27. The molecule has 0 saturated heterocycles. The van der Waals surface area contributed by atoms with E-state index in [-0.39, 0.29) is 0 Å². The largest absolute Gasteiger partial charge is 0.376 e. The lowest BCUT2D eigenvalue weighted by Crippen LogP contribution is -2.14. The molecule has 0 radical (unpaired) electrons. The molecule has 3 nitrogen and oxygen atoms in total. The van der Waals surface area contributed by atoms with E-state index in [9.17, 15) is 0 Å². The molecule has 0 amide bonds. The third kappa shape index (κ3) is 4.92. The number of hydrogen-bond donors (Lipinski definition) is 1. The van der Waals surface area contributed by atoms with Gasteiger partial charge in [0.25, 0.3) is 0 Å². The summed E-state index contributed by atoms with van der Waals surface area (Å²) in [5.74, 6) is 0.541. The Labute approximate surface area is 131 Å². The number of nitrogens with one attached hydrogen (secondary N) is 1. The number of aryl methyl sites for hydroxylation is 1. The molecule has 0 saturated carbocycles. The fourth-order valence-electron chi connectivity index (χ4n) is 2.29. The maximum atomic E-state index is 5.76. The van der Waals surface area contributed by atoms with Gasteiger partial charge in [0.05, 0.1) is 24.4 Å². The van der Waals surface area contributed by atoms with E-state index >= 15 is 0 Å². The van der Waals surface area contributed by atoms with E-state index in [0.717, 1.165) is 25.3 Å². The Hall–Kier alpha value is -1.23. The Morgan fingerprint density at radius 2 is 2.05 bits per heavy atom. The summed E-state index contributed by atoms with van der Waals surface area (Å²) in [4.78, 5) is 5.58. The van der Waals surface area contributed by atoms with Gasteiger partial charge < -0.3 is 10.1 Å². The Bertz CT molecular complexity index is 536. The highest BCUT2D eigenvalue weighted by Gasteiger charge is 2.04. The van der Waals surface area contributed by atoms with Crippen LogP contribution in [0.3, 0.4) is 0 Å². The van der Waals surface area contributed by atoms with E-state index in [1.165, 1.54) is 16.0 Å². The van der Waals surface area contributed by atoms with Crippen molar-refractivity contribution in [1.29, 1.82) is 0 Å². The maximum Gasteiger partial charge on any atom is 0.0797 e. The summed E-state index contributed by atoms with van der Waals surface area (Å²) in [6, 6.07) is 8.74. The third-order valence-electron chi connectivity index (χ3n) is 3.65. The van der Waals surface area contributed by atoms with Crippen LogP contribution in [-0.2, 0) is 17.8 Å². The van der Waals surface area contributed by atoms with Crippen molar-refractivity contribution in [2.24, 2.45) is 0 Å². The van der Waals surface area contributed by atoms with Crippen LogP contribution in [-0.4, -0.2) is 25.2 Å². The van der Waals surface area contributed by atoms with Crippen molar-refractivity contribution in [1.82, 2.24) is 10.3 Å². The normalized spacial score (nSPS) is 12.5. The number of rotatable bonds is 8. The van der Waals surface area contributed by atoms with E-state index in [1.807, 2.05) is 12.6 Å². The van der Waals surface area contributed by atoms with Gasteiger partial charge in [0, 0.05) is 17.8 Å². The highest BCUT2D eigenvalue weighted by Crippen LogP contribution is 2.16. The molecule has 0 spiro atoms. The van der Waals surface area contributed by atoms with Gasteiger partial charge in [0.1, 0.15) is 0 Å². The molecule has 0 aliphatic rings. The summed E-state index contributed by atoms with van der Waals surface area (Å²) in [7, 11) is 1.99. The fourth-order valence-corrected chi connectivity index (χ4v) is 3.05. The van der Waals surface area contributed by atoms with Crippen molar-refractivity contribution in [2.75, 3.05) is 20.2 Å². The van der Waals surface area contributed by atoms with Crippen molar-refractivity contribution in [3.05, 3.63) is 51.5 Å². The minimum Gasteiger partial charge on any atom is -0.376 e. The number of benzene rings is 1. The van der Waals surface area contributed by atoms with Gasteiger partial charge in [-0.25, -0.2) is 4.98 Å². The highest BCUT2D eigenvalue weighted by molar-refractivity contribution is 7.09. The van der Waals surface area contributed by atoms with Crippen molar-refractivity contribution < 1.29 is 4.74 Å². The number of likely N-dealkylation sites (N-methyl/N-ethyl adjacent to an activating group) is 1. The second-order valence-corrected chi connectivity index (χ2v) is 6.30. The zero-order chi connectivity index (χ0) is 15.1. The number of ether oxygens (including phenoxy) is 1. The Morgan fingerprint density at radius 3 is 2.67 bits per heavy atom. The number of thiazole rings is 1. The van der Waals surface area contributed by atoms with Gasteiger partial charge in [0.2, 0.25) is 0 Å². The zero-order valence-corrected chi connectivity index (χ0v) is 13.9. The first-order chi connectivity index (χ1) is 10.2. The quantitative estimate of drug-likeness (QED) is 0.758. The highest BCUT2D eigenvalue weighted by atomic mass is 32.1. The molecule has 2 aromatic rings. The first-order valence-corrected chi connectivity index (χ1v) is 8.28. The van der Waals surface area contributed by atoms with Crippen LogP contribution in [0.1, 0.15) is 34.5 Å². The van der Waals surface area contributed by atoms with E-state index in [2.05, 4.69) is 48.4 Å². The smallest absolute Gasteiger partial charge is 0.0797 e. The predicted molar refractivity (Wildman–Crippen MR) is 89.0 cm³/mol. The molecule has 1 atom stereocenters. The molecule has 0 aliphatic heterocycles. The predicted octanol–water partition coefficient (Wildman–Crippen LogP) is 3.53. The SMILES string of the molecule is CNCC(C)c1ccc(COCCc2scnc2C)cc1. The first-order valence-electron chi connectivity index (χ1n) is 7.41. The first kappa shape index (κ1) is 16.1. The molecular weight excluding hydrogens is 280 g/mol. The van der Waals surface area contributed by atoms with Crippen LogP contribution in [0.4, 0.5) is 0 Å². The van der Waals surface area contributed by atoms with E-state index < -0.39 is 0 Å². The molecule has 1 heterocycles. The van der Waals surface area contributed by atoms with Crippen LogP contribution in [0.2, 0.25) is 0 Å². The molecule has 21 heavy (non-hydrogen) atoms. The molecule has 0 bridgehead atoms. The van der Waals surface area contributed by atoms with E-state index in [0.29, 0.717) is 12.5 Å². The van der Waals surface area contributed by atoms with Gasteiger partial charge in [-0.15, -0.1) is 11.3 Å². The minimum absolute atomic E-state index is 0.541. The van der Waals surface area contributed by atoms with Gasteiger partial charge >= 0.3 is 0 Å². The van der Waals surface area contributed by atoms with Crippen LogP contribution in [0.15, 0.2) is 29.8 Å². The molecule has 1 unspecified atom stereocenters. The van der Waals surface area contributed by atoms with Crippen LogP contribution < -0.4 is 5.32 Å². The van der Waals surface area contributed by atoms with Crippen molar-refractivity contribution >= 4 is 11.3 Å². The average Bonchev–Trinajstić information content (AvgIpc) is 2.90. The molecule has 2 rings (SSSR count). The summed E-state index contributed by atoms with van der Waals surface area (Å²) in [5, 5.41) is 3.21. The van der Waals surface area contributed by atoms with Gasteiger partial charge in [-0.2, -0.15) is 0 Å². The molecule has 0 fully saturated rings. The molecule has 0 aliphatic carbocycles. The molecule has 1 aromatic heterocycles. The van der Waals surface area contributed by atoms with Gasteiger partial charge in [-0.3, -0.25) is 0 Å². The van der Waals surface area contributed by atoms with Gasteiger partial charge in [-0.05, 0) is 31.0 Å². The topological polar surface area (TPSA) is 34.1 Å². The molecule has 4 heteroatoms. The standard InChI is InChI=1S/C17H24N2OS/c1-13(10-18-3)16-6-4-15(5-7-16)11-20-9-8-17-14(2)19-12-21-17/h4-7,12-13,18H,8-11H2,1-3H3. The lowest BCUT2D eigenvalue weighted by atomic mass is 10.00. The number of aromatic nitrogens is 1. The molecule has 1 N–H and O–H groups in total. The zero-order valence-electron chi connectivity index (χ0n) is 13.1. The molecule has 114 valence electrons. The van der Waals surface area contributed by atoms with Gasteiger partial charge in [0.15, 0.2) is 0 Å². The van der Waals surface area contributed by atoms with Crippen LogP contribution >= 0.6 is 11.3 Å². The summed E-state index contributed by atoms with van der Waals surface area (Å²) in [6.07, 6.45) is 0.952. The monoisotopic (exact) mass is 304 g/mol. The Morgan fingerprint density at radius 1 is 1.29 bits per heavy atom. The van der Waals surface area contributed by atoms with Gasteiger partial charge in [-0.1, -0.05) is 31.2 Å². The van der Waals surface area contributed by atoms with E-state index in [4.69, 9.17) is 4.74 Å². The minimum atomic E-state index is 0.541. The summed E-state index contributed by atoms with van der Waals surface area (Å²) in [6.45, 7) is 6.72. The maximum absolute atomic E-state index is 5.76. The summed E-state index contributed by atoms with van der Waals surface area (Å²) < 4.78 is 5.76. The summed E-state index contributed by atoms with van der Waals surface area (Å²) >= 11 is 1.71. The van der Waals surface area contributed by atoms with E-state index in [1.54, 1.807) is 11.3 Å². The van der Waals surface area contributed by atoms with Crippen LogP contribution in [0.25, 0.3) is 0 Å². The van der Waals surface area contributed by atoms with Crippen molar-refractivity contribution in [3.63, 3.8) is 0 Å². The third-order valence-corrected chi connectivity index (χ3v) is 4.64. The van der Waals surface area contributed by atoms with Crippen molar-refractivity contribution in [3.8, 4) is 0 Å². The number of nitrogens with zero attached hydrogens (tertiary/aromatic N) is 1. The lowest BCUT2D eigenvalue weighted by molar-refractivity contribution is 0.124. The fraction of sp³-hybridized carbons (Fsp3) is 0.471. The van der Waals surface area contributed by atoms with Crippen LogP contribution in [0, 0.1) is 6.92 Å². The average molecular weight is 304 g/mol. The Kier molecular flexibility index (Phi) is 6.36. The Balaban J connectivity index is 1.75. The second-order valence-electron chi connectivity index (χ2n) is 5.36. The number of hydrogen-bond acceptors (Lipinski definition) is 4. The molecule has 1 aromatic carbocycles.